The molecule has 0 aliphatic carbocycles. The summed E-state index contributed by atoms with van der Waals surface area (Å²) in [5.41, 5.74) is 6.10. The van der Waals surface area contributed by atoms with Crippen LogP contribution in [0.25, 0.3) is 0 Å². The second-order valence-electron chi connectivity index (χ2n) is 3.25. The van der Waals surface area contributed by atoms with Crippen LogP contribution in [-0.2, 0) is 0 Å². The van der Waals surface area contributed by atoms with Gasteiger partial charge < -0.3 is 10.5 Å². The number of benzene rings is 1. The van der Waals surface area contributed by atoms with Crippen LogP contribution in [0.15, 0.2) is 22.7 Å². The maximum atomic E-state index is 11.8. The Bertz CT molecular complexity index is 378. The van der Waals surface area contributed by atoms with E-state index in [4.69, 9.17) is 10.5 Å². The number of carbonyl (C=O) groups excluding carboxylic acids is 1. The zero-order valence-corrected chi connectivity index (χ0v) is 9.08. The Hall–Kier alpha value is -0.870. The molecule has 1 heterocycles. The lowest BCUT2D eigenvalue weighted by molar-refractivity contribution is 0.0839. The smallest absolute Gasteiger partial charge is 0.174 e. The van der Waals surface area contributed by atoms with Crippen molar-refractivity contribution in [1.29, 1.82) is 0 Å². The van der Waals surface area contributed by atoms with Gasteiger partial charge in [-0.15, -0.1) is 0 Å². The van der Waals surface area contributed by atoms with E-state index in [0.29, 0.717) is 24.5 Å². The zero-order valence-electron chi connectivity index (χ0n) is 7.50. The fourth-order valence-electron chi connectivity index (χ4n) is 1.48. The van der Waals surface area contributed by atoms with E-state index in [1.165, 1.54) is 0 Å². The third kappa shape index (κ3) is 1.55. The van der Waals surface area contributed by atoms with E-state index >= 15 is 0 Å². The first-order valence-electron chi connectivity index (χ1n) is 4.39. The van der Waals surface area contributed by atoms with Gasteiger partial charge in [0, 0.05) is 11.0 Å². The normalized spacial score (nSPS) is 20.1. The largest absolute Gasteiger partial charge is 0.492 e. The maximum Gasteiger partial charge on any atom is 0.174 e. The van der Waals surface area contributed by atoms with Crippen molar-refractivity contribution >= 4 is 21.7 Å². The standard InChI is InChI=1S/C10H10BrNO2/c11-7-1-2-8-9(3-7)14-5-6(4-12)10(8)13/h1-3,6H,4-5,12H2. The minimum atomic E-state index is -0.191. The average molecular weight is 256 g/mol. The number of nitrogens with two attached hydrogens (primary N) is 1. The number of rotatable bonds is 1. The summed E-state index contributed by atoms with van der Waals surface area (Å²) in [6, 6.07) is 5.41. The van der Waals surface area contributed by atoms with Crippen molar-refractivity contribution in [3.63, 3.8) is 0 Å². The summed E-state index contributed by atoms with van der Waals surface area (Å²) in [4.78, 5) is 11.8. The van der Waals surface area contributed by atoms with Gasteiger partial charge in [-0.05, 0) is 18.2 Å². The second kappa shape index (κ2) is 3.71. The Morgan fingerprint density at radius 3 is 3.07 bits per heavy atom. The van der Waals surface area contributed by atoms with Crippen LogP contribution in [-0.4, -0.2) is 18.9 Å². The molecule has 0 saturated heterocycles. The molecule has 0 saturated carbocycles. The van der Waals surface area contributed by atoms with E-state index < -0.39 is 0 Å². The number of carbonyl (C=O) groups is 1. The number of ether oxygens (including phenoxy) is 1. The second-order valence-corrected chi connectivity index (χ2v) is 4.16. The number of hydrogen-bond donors (Lipinski definition) is 1. The molecule has 1 aliphatic rings. The highest BCUT2D eigenvalue weighted by molar-refractivity contribution is 9.10. The zero-order chi connectivity index (χ0) is 10.1. The number of hydrogen-bond acceptors (Lipinski definition) is 3. The van der Waals surface area contributed by atoms with Gasteiger partial charge in [-0.1, -0.05) is 15.9 Å². The molecule has 1 aromatic carbocycles. The third-order valence-electron chi connectivity index (χ3n) is 2.30. The molecular formula is C10H10BrNO2. The van der Waals surface area contributed by atoms with Crippen LogP contribution in [0, 0.1) is 5.92 Å². The van der Waals surface area contributed by atoms with Crippen LogP contribution < -0.4 is 10.5 Å². The van der Waals surface area contributed by atoms with Crippen molar-refractivity contribution in [2.45, 2.75) is 0 Å². The van der Waals surface area contributed by atoms with Crippen molar-refractivity contribution in [1.82, 2.24) is 0 Å². The number of fused-ring (bicyclic) bond motifs is 1. The lowest BCUT2D eigenvalue weighted by Crippen LogP contribution is -2.33. The highest BCUT2D eigenvalue weighted by Gasteiger charge is 2.27. The Labute approximate surface area is 90.4 Å². The molecule has 0 radical (unpaired) electrons. The molecule has 0 bridgehead atoms. The topological polar surface area (TPSA) is 52.3 Å². The van der Waals surface area contributed by atoms with Gasteiger partial charge in [0.25, 0.3) is 0 Å². The first kappa shape index (κ1) is 9.68. The summed E-state index contributed by atoms with van der Waals surface area (Å²) < 4.78 is 6.36. The van der Waals surface area contributed by atoms with Gasteiger partial charge in [0.1, 0.15) is 5.75 Å². The molecule has 1 atom stereocenters. The highest BCUT2D eigenvalue weighted by atomic mass is 79.9. The average Bonchev–Trinajstić information content (AvgIpc) is 2.18. The van der Waals surface area contributed by atoms with Gasteiger partial charge in [0.2, 0.25) is 0 Å². The number of halogens is 1. The van der Waals surface area contributed by atoms with Crippen molar-refractivity contribution in [3.8, 4) is 5.75 Å². The maximum absolute atomic E-state index is 11.8. The van der Waals surface area contributed by atoms with Crippen LogP contribution in [0.4, 0.5) is 0 Å². The van der Waals surface area contributed by atoms with E-state index in [9.17, 15) is 4.79 Å². The molecule has 0 spiro atoms. The monoisotopic (exact) mass is 255 g/mol. The lowest BCUT2D eigenvalue weighted by atomic mass is 9.95. The Morgan fingerprint density at radius 2 is 2.36 bits per heavy atom. The molecule has 0 aromatic heterocycles. The minimum Gasteiger partial charge on any atom is -0.492 e. The molecule has 0 amide bonds. The third-order valence-corrected chi connectivity index (χ3v) is 2.80. The van der Waals surface area contributed by atoms with Gasteiger partial charge in [0.15, 0.2) is 5.78 Å². The molecule has 3 nitrogen and oxygen atoms in total. The SMILES string of the molecule is NCC1COc2cc(Br)ccc2C1=O. The van der Waals surface area contributed by atoms with Crippen LogP contribution in [0.5, 0.6) is 5.75 Å². The van der Waals surface area contributed by atoms with E-state index in [1.54, 1.807) is 12.1 Å². The molecule has 1 aliphatic heterocycles. The van der Waals surface area contributed by atoms with Crippen molar-refractivity contribution in [3.05, 3.63) is 28.2 Å². The van der Waals surface area contributed by atoms with Crippen LogP contribution >= 0.6 is 15.9 Å². The predicted octanol–water partition coefficient (Wildman–Crippen LogP) is 1.60. The summed E-state index contributed by atoms with van der Waals surface area (Å²) in [7, 11) is 0. The van der Waals surface area contributed by atoms with E-state index in [2.05, 4.69) is 15.9 Å². The quantitative estimate of drug-likeness (QED) is 0.830. The van der Waals surface area contributed by atoms with E-state index in [0.717, 1.165) is 4.47 Å². The summed E-state index contributed by atoms with van der Waals surface area (Å²) in [6.45, 7) is 0.729. The Kier molecular flexibility index (Phi) is 2.56. The Balaban J connectivity index is 2.41. The first-order chi connectivity index (χ1) is 6.72. The van der Waals surface area contributed by atoms with Gasteiger partial charge in [-0.3, -0.25) is 4.79 Å². The fourth-order valence-corrected chi connectivity index (χ4v) is 1.82. The summed E-state index contributed by atoms with van der Waals surface area (Å²) in [5.74, 6) is 0.541. The molecule has 1 aromatic rings. The predicted molar refractivity (Wildman–Crippen MR) is 56.5 cm³/mol. The molecule has 4 heteroatoms. The van der Waals surface area contributed by atoms with Crippen molar-refractivity contribution < 1.29 is 9.53 Å². The molecule has 74 valence electrons. The summed E-state index contributed by atoms with van der Waals surface area (Å²) >= 11 is 3.33. The highest BCUT2D eigenvalue weighted by Crippen LogP contribution is 2.29. The molecule has 2 N–H and O–H groups in total. The van der Waals surface area contributed by atoms with Gasteiger partial charge in [0.05, 0.1) is 18.1 Å². The molecule has 1 unspecified atom stereocenters. The van der Waals surface area contributed by atoms with Gasteiger partial charge in [-0.25, -0.2) is 0 Å². The summed E-state index contributed by atoms with van der Waals surface area (Å²) in [5, 5.41) is 0. The molecule has 0 fully saturated rings. The molecule has 2 rings (SSSR count). The van der Waals surface area contributed by atoms with Gasteiger partial charge in [-0.2, -0.15) is 0 Å². The van der Waals surface area contributed by atoms with Gasteiger partial charge >= 0.3 is 0 Å². The summed E-state index contributed by atoms with van der Waals surface area (Å²) in [6.07, 6.45) is 0. The fraction of sp³-hybridized carbons (Fsp3) is 0.300. The van der Waals surface area contributed by atoms with E-state index in [1.807, 2.05) is 6.07 Å². The first-order valence-corrected chi connectivity index (χ1v) is 5.18. The number of ketones is 1. The minimum absolute atomic E-state index is 0.0845. The lowest BCUT2D eigenvalue weighted by Gasteiger charge is -2.22. The van der Waals surface area contributed by atoms with Crippen LogP contribution in [0.1, 0.15) is 10.4 Å². The number of Topliss-reactive ketones (excluding diaryl/α,β-unsaturated/α-hetero) is 1. The molecule has 14 heavy (non-hydrogen) atoms. The van der Waals surface area contributed by atoms with Crippen LogP contribution in [0.3, 0.4) is 0 Å². The van der Waals surface area contributed by atoms with E-state index in [-0.39, 0.29) is 11.7 Å². The van der Waals surface area contributed by atoms with Crippen LogP contribution in [0.2, 0.25) is 0 Å². The molecular weight excluding hydrogens is 246 g/mol. The Morgan fingerprint density at radius 1 is 1.57 bits per heavy atom. The van der Waals surface area contributed by atoms with Crippen molar-refractivity contribution in [2.75, 3.05) is 13.2 Å². The van der Waals surface area contributed by atoms with Crippen molar-refractivity contribution in [2.24, 2.45) is 11.7 Å².